The van der Waals surface area contributed by atoms with Crippen LogP contribution in [0, 0.1) is 0 Å². The van der Waals surface area contributed by atoms with E-state index in [2.05, 4.69) is 10.6 Å². The number of carbonyl (C=O) groups is 1. The van der Waals surface area contributed by atoms with Crippen molar-refractivity contribution in [2.45, 2.75) is 12.7 Å². The number of alkyl halides is 3. The minimum Gasteiger partial charge on any atom is -0.497 e. The van der Waals surface area contributed by atoms with Gasteiger partial charge >= 0.3 is 12.2 Å². The number of hydrogen-bond acceptors (Lipinski definition) is 4. The molecule has 9 heteroatoms. The normalized spacial score (nSPS) is 14.4. The Labute approximate surface area is 166 Å². The molecule has 0 bridgehead atoms. The molecule has 0 aromatic heterocycles. The smallest absolute Gasteiger partial charge is 0.416 e. The molecule has 2 amide bonds. The Bertz CT molecular complexity index is 835. The van der Waals surface area contributed by atoms with Crippen molar-refractivity contribution in [1.82, 2.24) is 5.32 Å². The van der Waals surface area contributed by atoms with Gasteiger partial charge in [0, 0.05) is 19.6 Å². The maximum atomic E-state index is 13.1. The minimum atomic E-state index is -4.50. The highest BCUT2D eigenvalue weighted by Crippen LogP contribution is 2.35. The maximum Gasteiger partial charge on any atom is 0.416 e. The van der Waals surface area contributed by atoms with Crippen molar-refractivity contribution >= 4 is 17.4 Å². The predicted octanol–water partition coefficient (Wildman–Crippen LogP) is 3.87. The second kappa shape index (κ2) is 9.04. The molecule has 1 aliphatic rings. The summed E-state index contributed by atoms with van der Waals surface area (Å²) in [4.78, 5) is 14.2. The van der Waals surface area contributed by atoms with Gasteiger partial charge in [-0.25, -0.2) is 4.79 Å². The summed E-state index contributed by atoms with van der Waals surface area (Å²) in [5, 5.41) is 5.21. The average molecular weight is 409 g/mol. The Morgan fingerprint density at radius 3 is 2.45 bits per heavy atom. The van der Waals surface area contributed by atoms with Gasteiger partial charge in [0.25, 0.3) is 0 Å². The zero-order valence-corrected chi connectivity index (χ0v) is 15.9. The van der Waals surface area contributed by atoms with E-state index >= 15 is 0 Å². The van der Waals surface area contributed by atoms with Crippen LogP contribution in [0.25, 0.3) is 0 Å². The number of nitrogens with one attached hydrogen (secondary N) is 2. The molecule has 6 nitrogen and oxygen atoms in total. The summed E-state index contributed by atoms with van der Waals surface area (Å²) in [6.07, 6.45) is -4.50. The van der Waals surface area contributed by atoms with Crippen LogP contribution in [0.1, 0.15) is 11.1 Å². The van der Waals surface area contributed by atoms with Gasteiger partial charge < -0.3 is 25.0 Å². The van der Waals surface area contributed by atoms with Gasteiger partial charge in [-0.2, -0.15) is 13.2 Å². The number of benzene rings is 2. The molecular formula is C20H22F3N3O3. The molecule has 2 N–H and O–H groups in total. The minimum absolute atomic E-state index is 0.106. The average Bonchev–Trinajstić information content (AvgIpc) is 2.72. The number of halogens is 3. The Balaban J connectivity index is 1.73. The van der Waals surface area contributed by atoms with Gasteiger partial charge in [0.2, 0.25) is 0 Å². The fraction of sp³-hybridized carbons (Fsp3) is 0.350. The van der Waals surface area contributed by atoms with Gasteiger partial charge in [0.05, 0.1) is 37.3 Å². The summed E-state index contributed by atoms with van der Waals surface area (Å²) >= 11 is 0. The fourth-order valence-corrected chi connectivity index (χ4v) is 2.98. The lowest BCUT2D eigenvalue weighted by Gasteiger charge is -2.31. The number of hydrogen-bond donors (Lipinski definition) is 2. The van der Waals surface area contributed by atoms with Crippen molar-refractivity contribution in [3.05, 3.63) is 53.6 Å². The molecule has 0 radical (unpaired) electrons. The summed E-state index contributed by atoms with van der Waals surface area (Å²) < 4.78 is 49.8. The summed E-state index contributed by atoms with van der Waals surface area (Å²) in [7, 11) is 1.56. The van der Waals surface area contributed by atoms with Crippen LogP contribution in [0.3, 0.4) is 0 Å². The van der Waals surface area contributed by atoms with Crippen molar-refractivity contribution < 1.29 is 27.4 Å². The van der Waals surface area contributed by atoms with E-state index in [1.54, 1.807) is 31.4 Å². The molecule has 3 rings (SSSR count). The summed E-state index contributed by atoms with van der Waals surface area (Å²) in [6, 6.07) is 9.88. The maximum absolute atomic E-state index is 13.1. The quantitative estimate of drug-likeness (QED) is 0.787. The van der Waals surface area contributed by atoms with Crippen molar-refractivity contribution in [3.8, 4) is 5.75 Å². The molecule has 2 aromatic carbocycles. The van der Waals surface area contributed by atoms with E-state index in [1.165, 1.54) is 6.07 Å². The van der Waals surface area contributed by atoms with Crippen LogP contribution in [0.15, 0.2) is 42.5 Å². The first-order valence-electron chi connectivity index (χ1n) is 9.08. The fourth-order valence-electron chi connectivity index (χ4n) is 2.98. The Hall–Kier alpha value is -2.94. The first-order valence-corrected chi connectivity index (χ1v) is 9.08. The predicted molar refractivity (Wildman–Crippen MR) is 103 cm³/mol. The van der Waals surface area contributed by atoms with E-state index in [0.29, 0.717) is 37.7 Å². The van der Waals surface area contributed by atoms with E-state index < -0.39 is 17.8 Å². The molecule has 2 aromatic rings. The molecule has 1 fully saturated rings. The van der Waals surface area contributed by atoms with Gasteiger partial charge in [-0.05, 0) is 35.9 Å². The third kappa shape index (κ3) is 5.54. The monoisotopic (exact) mass is 409 g/mol. The number of methoxy groups -OCH3 is 1. The molecule has 0 atom stereocenters. The third-order valence-electron chi connectivity index (χ3n) is 4.54. The Morgan fingerprint density at radius 2 is 1.83 bits per heavy atom. The number of rotatable bonds is 5. The van der Waals surface area contributed by atoms with Crippen LogP contribution in [-0.4, -0.2) is 39.4 Å². The lowest BCUT2D eigenvalue weighted by atomic mass is 10.1. The van der Waals surface area contributed by atoms with E-state index in [0.717, 1.165) is 17.7 Å². The van der Waals surface area contributed by atoms with Crippen LogP contribution in [0.5, 0.6) is 5.75 Å². The number of anilines is 2. The zero-order valence-electron chi connectivity index (χ0n) is 15.9. The number of ether oxygens (including phenoxy) is 2. The third-order valence-corrected chi connectivity index (χ3v) is 4.54. The molecule has 0 saturated carbocycles. The van der Waals surface area contributed by atoms with Gasteiger partial charge in [-0.1, -0.05) is 12.1 Å². The van der Waals surface area contributed by atoms with Crippen molar-refractivity contribution in [2.75, 3.05) is 43.6 Å². The molecule has 156 valence electrons. The number of amides is 2. The van der Waals surface area contributed by atoms with Crippen LogP contribution in [0.4, 0.5) is 29.3 Å². The second-order valence-electron chi connectivity index (χ2n) is 6.48. The zero-order chi connectivity index (χ0) is 20.9. The summed E-state index contributed by atoms with van der Waals surface area (Å²) in [5.41, 5.74) is 0.646. The lowest BCUT2D eigenvalue weighted by molar-refractivity contribution is -0.137. The highest BCUT2D eigenvalue weighted by Gasteiger charge is 2.31. The number of urea groups is 1. The Morgan fingerprint density at radius 1 is 1.14 bits per heavy atom. The van der Waals surface area contributed by atoms with Crippen LogP contribution in [-0.2, 0) is 17.5 Å². The van der Waals surface area contributed by atoms with Crippen LogP contribution < -0.4 is 20.3 Å². The molecular weight excluding hydrogens is 387 g/mol. The highest BCUT2D eigenvalue weighted by molar-refractivity contribution is 5.93. The van der Waals surface area contributed by atoms with Gasteiger partial charge in [0.1, 0.15) is 5.75 Å². The van der Waals surface area contributed by atoms with Crippen molar-refractivity contribution in [2.24, 2.45) is 0 Å². The first kappa shape index (κ1) is 20.8. The number of nitrogens with zero attached hydrogens (tertiary/aromatic N) is 1. The summed E-state index contributed by atoms with van der Waals surface area (Å²) in [5.74, 6) is 0.692. The van der Waals surface area contributed by atoms with Crippen molar-refractivity contribution in [1.29, 1.82) is 0 Å². The molecule has 1 heterocycles. The Kier molecular flexibility index (Phi) is 6.48. The van der Waals surface area contributed by atoms with Gasteiger partial charge in [0.15, 0.2) is 0 Å². The van der Waals surface area contributed by atoms with Crippen molar-refractivity contribution in [3.63, 3.8) is 0 Å². The van der Waals surface area contributed by atoms with E-state index in [1.807, 2.05) is 4.90 Å². The highest BCUT2D eigenvalue weighted by atomic mass is 19.4. The molecule has 29 heavy (non-hydrogen) atoms. The second-order valence-corrected chi connectivity index (χ2v) is 6.48. The SMILES string of the molecule is COc1ccc(CNC(=O)Nc2cc(C(F)(F)F)ccc2N2CCOCC2)cc1. The molecule has 0 spiro atoms. The van der Waals surface area contributed by atoms with Crippen LogP contribution in [0.2, 0.25) is 0 Å². The molecule has 1 aliphatic heterocycles. The standard InChI is InChI=1S/C20H22F3N3O3/c1-28-16-5-2-14(3-6-16)13-24-19(27)25-17-12-15(20(21,22)23)4-7-18(17)26-8-10-29-11-9-26/h2-7,12H,8-11,13H2,1H3,(H2,24,25,27). The molecule has 0 unspecified atom stereocenters. The summed E-state index contributed by atoms with van der Waals surface area (Å²) in [6.45, 7) is 2.25. The van der Waals surface area contributed by atoms with Gasteiger partial charge in [-0.15, -0.1) is 0 Å². The first-order chi connectivity index (χ1) is 13.9. The molecule has 0 aliphatic carbocycles. The van der Waals surface area contributed by atoms with Crippen LogP contribution >= 0.6 is 0 Å². The topological polar surface area (TPSA) is 62.8 Å². The molecule has 1 saturated heterocycles. The van der Waals surface area contributed by atoms with Gasteiger partial charge in [-0.3, -0.25) is 0 Å². The lowest BCUT2D eigenvalue weighted by Crippen LogP contribution is -2.37. The van der Waals surface area contributed by atoms with E-state index in [-0.39, 0.29) is 12.2 Å². The largest absolute Gasteiger partial charge is 0.497 e. The van der Waals surface area contributed by atoms with E-state index in [9.17, 15) is 18.0 Å². The van der Waals surface area contributed by atoms with E-state index in [4.69, 9.17) is 9.47 Å². The number of carbonyl (C=O) groups excluding carboxylic acids is 1. The number of morpholine rings is 1.